The van der Waals surface area contributed by atoms with Crippen LogP contribution in [0, 0.1) is 0 Å². The van der Waals surface area contributed by atoms with Gasteiger partial charge in [-0.15, -0.1) is 0 Å². The molecule has 114 valence electrons. The summed E-state index contributed by atoms with van der Waals surface area (Å²) in [5.41, 5.74) is 4.68. The summed E-state index contributed by atoms with van der Waals surface area (Å²) < 4.78 is 0. The first-order valence-corrected chi connectivity index (χ1v) is 7.49. The molecular weight excluding hydrogens is 240 g/mol. The standard InChI is InChI=1S/C16H22.2C2H6/c1-7-14(5)10-11-15(6)16(8-2)12-9-13(3)4;2*1-2/h7-12H,1,3H2,2,4-6H3;2*1-2H3/b12-9-,14-10-,15-11+,16-8+;;. The van der Waals surface area contributed by atoms with Crippen LogP contribution >= 0.6 is 0 Å². The van der Waals surface area contributed by atoms with E-state index >= 15 is 0 Å². The van der Waals surface area contributed by atoms with Crippen LogP contribution in [0.1, 0.15) is 55.4 Å². The molecule has 0 atom stereocenters. The van der Waals surface area contributed by atoms with Gasteiger partial charge in [-0.05, 0) is 38.8 Å². The van der Waals surface area contributed by atoms with Gasteiger partial charge in [-0.1, -0.05) is 88.5 Å². The van der Waals surface area contributed by atoms with E-state index in [9.17, 15) is 0 Å². The molecule has 0 amide bonds. The van der Waals surface area contributed by atoms with Gasteiger partial charge in [0.2, 0.25) is 0 Å². The number of hydrogen-bond acceptors (Lipinski definition) is 0. The molecule has 0 saturated heterocycles. The molecule has 0 fully saturated rings. The molecule has 0 nitrogen and oxygen atoms in total. The van der Waals surface area contributed by atoms with Crippen molar-refractivity contribution < 1.29 is 0 Å². The van der Waals surface area contributed by atoms with Gasteiger partial charge < -0.3 is 0 Å². The molecule has 0 heterocycles. The minimum absolute atomic E-state index is 1.06. The van der Waals surface area contributed by atoms with Crippen molar-refractivity contribution in [1.29, 1.82) is 0 Å². The molecule has 0 bridgehead atoms. The third-order valence-corrected chi connectivity index (χ3v) is 2.23. The second kappa shape index (κ2) is 17.4. The molecule has 0 aromatic rings. The zero-order valence-electron chi connectivity index (χ0n) is 14.9. The quantitative estimate of drug-likeness (QED) is 0.465. The zero-order valence-corrected chi connectivity index (χ0v) is 14.9. The molecule has 0 aliphatic heterocycles. The molecule has 0 heteroatoms. The highest BCUT2D eigenvalue weighted by Crippen LogP contribution is 2.12. The maximum atomic E-state index is 3.85. The van der Waals surface area contributed by atoms with Crippen molar-refractivity contribution in [2.45, 2.75) is 55.4 Å². The van der Waals surface area contributed by atoms with Crippen LogP contribution in [-0.4, -0.2) is 0 Å². The van der Waals surface area contributed by atoms with Crippen LogP contribution in [-0.2, 0) is 0 Å². The lowest BCUT2D eigenvalue weighted by atomic mass is 10.1. The normalized spacial score (nSPS) is 12.1. The molecule has 0 aliphatic carbocycles. The Hall–Kier alpha value is -1.56. The highest BCUT2D eigenvalue weighted by Gasteiger charge is 1.92. The molecular formula is C20H34. The highest BCUT2D eigenvalue weighted by atomic mass is 14.0. The Morgan fingerprint density at radius 3 is 1.70 bits per heavy atom. The Balaban J connectivity index is -0.000000656. The second-order valence-corrected chi connectivity index (χ2v) is 3.89. The molecule has 0 rings (SSSR count). The SMILES string of the molecule is C=C\C(C)=C/C=C(C)/C(/C=C\C(=C)C)=C/C.CC.CC. The largest absolute Gasteiger partial charge is 0.0988 e. The van der Waals surface area contributed by atoms with E-state index in [0.717, 1.165) is 5.57 Å². The summed E-state index contributed by atoms with van der Waals surface area (Å²) in [7, 11) is 0. The van der Waals surface area contributed by atoms with Crippen LogP contribution in [0.25, 0.3) is 0 Å². The van der Waals surface area contributed by atoms with E-state index in [-0.39, 0.29) is 0 Å². The fraction of sp³-hybridized carbons (Fsp3) is 0.400. The average molecular weight is 274 g/mol. The Kier molecular flexibility index (Phi) is 20.5. The Bertz CT molecular complexity index is 371. The van der Waals surface area contributed by atoms with E-state index in [4.69, 9.17) is 0 Å². The van der Waals surface area contributed by atoms with Gasteiger partial charge in [0.1, 0.15) is 0 Å². The lowest BCUT2D eigenvalue weighted by Gasteiger charge is -2.01. The maximum Gasteiger partial charge on any atom is -0.0270 e. The molecule has 0 spiro atoms. The predicted octanol–water partition coefficient (Wildman–Crippen LogP) is 7.20. The van der Waals surface area contributed by atoms with Crippen molar-refractivity contribution in [3.63, 3.8) is 0 Å². The molecule has 0 aliphatic rings. The van der Waals surface area contributed by atoms with E-state index in [0.29, 0.717) is 0 Å². The number of hydrogen-bond donors (Lipinski definition) is 0. The summed E-state index contributed by atoms with van der Waals surface area (Å²) in [6.45, 7) is 23.7. The fourth-order valence-electron chi connectivity index (χ4n) is 1.11. The van der Waals surface area contributed by atoms with Crippen LogP contribution in [0.15, 0.2) is 71.9 Å². The molecule has 20 heavy (non-hydrogen) atoms. The first-order chi connectivity index (χ1) is 9.51. The summed E-state index contributed by atoms with van der Waals surface area (Å²) in [4.78, 5) is 0. The van der Waals surface area contributed by atoms with Gasteiger partial charge in [-0.3, -0.25) is 0 Å². The van der Waals surface area contributed by atoms with E-state index in [1.165, 1.54) is 16.7 Å². The van der Waals surface area contributed by atoms with E-state index in [1.807, 2.05) is 60.6 Å². The van der Waals surface area contributed by atoms with Crippen LogP contribution in [0.2, 0.25) is 0 Å². The van der Waals surface area contributed by atoms with Crippen molar-refractivity contribution in [3.05, 3.63) is 71.9 Å². The minimum Gasteiger partial charge on any atom is -0.0988 e. The smallest absolute Gasteiger partial charge is 0.0270 e. The number of rotatable bonds is 5. The van der Waals surface area contributed by atoms with Crippen molar-refractivity contribution in [2.24, 2.45) is 0 Å². The zero-order chi connectivity index (χ0) is 16.6. The van der Waals surface area contributed by atoms with E-state index < -0.39 is 0 Å². The first-order valence-electron chi connectivity index (χ1n) is 7.49. The van der Waals surface area contributed by atoms with Crippen LogP contribution in [0.3, 0.4) is 0 Å². The van der Waals surface area contributed by atoms with Crippen molar-refractivity contribution in [3.8, 4) is 0 Å². The fourth-order valence-corrected chi connectivity index (χ4v) is 1.11. The summed E-state index contributed by atoms with van der Waals surface area (Å²) in [6.07, 6.45) is 12.2. The van der Waals surface area contributed by atoms with Gasteiger partial charge in [-0.25, -0.2) is 0 Å². The monoisotopic (exact) mass is 274 g/mol. The average Bonchev–Trinajstić information content (AvgIpc) is 2.49. The predicted molar refractivity (Wildman–Crippen MR) is 98.1 cm³/mol. The Labute approximate surface area is 128 Å². The van der Waals surface area contributed by atoms with Crippen LogP contribution in [0.4, 0.5) is 0 Å². The van der Waals surface area contributed by atoms with Crippen molar-refractivity contribution in [1.82, 2.24) is 0 Å². The van der Waals surface area contributed by atoms with Gasteiger partial charge in [0, 0.05) is 0 Å². The number of allylic oxidation sites excluding steroid dienone is 10. The lowest BCUT2D eigenvalue weighted by Crippen LogP contribution is -1.81. The second-order valence-electron chi connectivity index (χ2n) is 3.89. The van der Waals surface area contributed by atoms with E-state index in [2.05, 4.69) is 44.4 Å². The van der Waals surface area contributed by atoms with Crippen LogP contribution in [0.5, 0.6) is 0 Å². The molecule has 0 aromatic carbocycles. The van der Waals surface area contributed by atoms with Crippen LogP contribution < -0.4 is 0 Å². The molecule has 0 N–H and O–H groups in total. The summed E-state index contributed by atoms with van der Waals surface area (Å²) >= 11 is 0. The maximum absolute atomic E-state index is 3.85. The molecule has 0 aromatic heterocycles. The van der Waals surface area contributed by atoms with Crippen molar-refractivity contribution in [2.75, 3.05) is 0 Å². The summed E-state index contributed by atoms with van der Waals surface area (Å²) in [5.74, 6) is 0. The molecule has 0 radical (unpaired) electrons. The first kappa shape index (κ1) is 23.5. The molecule has 0 unspecified atom stereocenters. The Morgan fingerprint density at radius 2 is 1.35 bits per heavy atom. The minimum atomic E-state index is 1.06. The Morgan fingerprint density at radius 1 is 0.850 bits per heavy atom. The van der Waals surface area contributed by atoms with Crippen molar-refractivity contribution >= 4 is 0 Å². The van der Waals surface area contributed by atoms with Gasteiger partial charge in [0.05, 0.1) is 0 Å². The van der Waals surface area contributed by atoms with Gasteiger partial charge in [-0.2, -0.15) is 0 Å². The van der Waals surface area contributed by atoms with Gasteiger partial charge in [0.15, 0.2) is 0 Å². The molecule has 0 saturated carbocycles. The summed E-state index contributed by atoms with van der Waals surface area (Å²) in [6, 6.07) is 0. The van der Waals surface area contributed by atoms with E-state index in [1.54, 1.807) is 0 Å². The van der Waals surface area contributed by atoms with Gasteiger partial charge >= 0.3 is 0 Å². The lowest BCUT2D eigenvalue weighted by molar-refractivity contribution is 1.39. The third kappa shape index (κ3) is 14.5. The van der Waals surface area contributed by atoms with Gasteiger partial charge in [0.25, 0.3) is 0 Å². The topological polar surface area (TPSA) is 0 Å². The summed E-state index contributed by atoms with van der Waals surface area (Å²) in [5, 5.41) is 0. The highest BCUT2D eigenvalue weighted by molar-refractivity contribution is 5.42. The third-order valence-electron chi connectivity index (χ3n) is 2.23.